The molecule has 0 fully saturated rings. The Hall–Kier alpha value is -4.97. The highest BCUT2D eigenvalue weighted by Gasteiger charge is 2.16. The molecule has 0 saturated heterocycles. The average molecular weight is 483 g/mol. The van der Waals surface area contributed by atoms with Crippen LogP contribution in [-0.2, 0) is 11.2 Å². The Morgan fingerprint density at radius 1 is 1.19 bits per heavy atom. The Morgan fingerprint density at radius 2 is 2.03 bits per heavy atom. The van der Waals surface area contributed by atoms with E-state index in [0.717, 1.165) is 5.69 Å². The summed E-state index contributed by atoms with van der Waals surface area (Å²) in [4.78, 5) is 16.1. The molecule has 0 aliphatic carbocycles. The minimum atomic E-state index is -0.552. The van der Waals surface area contributed by atoms with E-state index < -0.39 is 5.82 Å². The number of halogens is 1. The van der Waals surface area contributed by atoms with Crippen molar-refractivity contribution >= 4 is 17.8 Å². The van der Waals surface area contributed by atoms with Gasteiger partial charge in [0.05, 0.1) is 17.6 Å². The fourth-order valence-corrected chi connectivity index (χ4v) is 3.48. The largest absolute Gasteiger partial charge is 0.453 e. The summed E-state index contributed by atoms with van der Waals surface area (Å²) in [6, 6.07) is 19.2. The van der Waals surface area contributed by atoms with Crippen LogP contribution in [0.15, 0.2) is 79.1 Å². The van der Waals surface area contributed by atoms with Gasteiger partial charge in [0.2, 0.25) is 5.91 Å². The number of ether oxygens (including phenoxy) is 1. The molecule has 4 aromatic rings. The first kappa shape index (κ1) is 24.2. The van der Waals surface area contributed by atoms with E-state index in [2.05, 4.69) is 21.5 Å². The number of hydrogen-bond acceptors (Lipinski definition) is 6. The average Bonchev–Trinajstić information content (AvgIpc) is 3.23. The van der Waals surface area contributed by atoms with Crippen LogP contribution in [0.4, 0.5) is 10.2 Å². The fraction of sp³-hybridized carbons (Fsp3) is 0.111. The lowest BCUT2D eigenvalue weighted by Crippen LogP contribution is -2.22. The number of aryl methyl sites for hydroxylation is 1. The van der Waals surface area contributed by atoms with Crippen molar-refractivity contribution < 1.29 is 13.9 Å². The zero-order chi connectivity index (χ0) is 25.3. The monoisotopic (exact) mass is 482 g/mol. The van der Waals surface area contributed by atoms with Gasteiger partial charge in [-0.2, -0.15) is 10.4 Å². The Morgan fingerprint density at radius 3 is 2.75 bits per heavy atom. The van der Waals surface area contributed by atoms with Crippen molar-refractivity contribution in [2.24, 2.45) is 0 Å². The highest BCUT2D eigenvalue weighted by molar-refractivity contribution is 5.91. The van der Waals surface area contributed by atoms with E-state index in [1.54, 1.807) is 29.1 Å². The van der Waals surface area contributed by atoms with Crippen LogP contribution in [0, 0.1) is 17.1 Å². The molecule has 0 aliphatic heterocycles. The molecule has 2 aromatic heterocycles. The van der Waals surface area contributed by atoms with Crippen LogP contribution in [0.1, 0.15) is 23.2 Å². The topological polar surface area (TPSA) is 119 Å². The maximum atomic E-state index is 14.4. The summed E-state index contributed by atoms with van der Waals surface area (Å²) >= 11 is 0. The summed E-state index contributed by atoms with van der Waals surface area (Å²) in [5, 5.41) is 16.7. The van der Waals surface area contributed by atoms with E-state index in [9.17, 15) is 14.4 Å². The molecule has 180 valence electrons. The SMILES string of the molecule is N#Cc1c(CCCNC(=O)/C=C/c2ccc(Oc3cccnc3)c(F)c2)nn(-c2ccccc2)c1N. The van der Waals surface area contributed by atoms with Gasteiger partial charge in [-0.1, -0.05) is 24.3 Å². The maximum Gasteiger partial charge on any atom is 0.243 e. The predicted molar refractivity (Wildman–Crippen MR) is 134 cm³/mol. The second kappa shape index (κ2) is 11.4. The molecule has 0 aliphatic rings. The first-order valence-corrected chi connectivity index (χ1v) is 11.2. The number of anilines is 1. The van der Waals surface area contributed by atoms with Gasteiger partial charge in [0.1, 0.15) is 23.2 Å². The van der Waals surface area contributed by atoms with Crippen LogP contribution in [0.5, 0.6) is 11.5 Å². The molecule has 0 bridgehead atoms. The van der Waals surface area contributed by atoms with E-state index in [0.29, 0.717) is 42.0 Å². The first-order valence-electron chi connectivity index (χ1n) is 11.2. The number of benzene rings is 2. The molecule has 0 spiro atoms. The van der Waals surface area contributed by atoms with Crippen LogP contribution in [0.25, 0.3) is 11.8 Å². The molecule has 0 atom stereocenters. The molecular weight excluding hydrogens is 459 g/mol. The van der Waals surface area contributed by atoms with Gasteiger partial charge < -0.3 is 15.8 Å². The summed E-state index contributed by atoms with van der Waals surface area (Å²) in [7, 11) is 0. The summed E-state index contributed by atoms with van der Waals surface area (Å²) in [6.45, 7) is 0.373. The molecule has 2 heterocycles. The third kappa shape index (κ3) is 5.93. The number of nitrogen functional groups attached to an aromatic ring is 1. The molecule has 4 rings (SSSR count). The number of rotatable bonds is 9. The first-order chi connectivity index (χ1) is 17.5. The Kier molecular flexibility index (Phi) is 7.68. The van der Waals surface area contributed by atoms with E-state index in [4.69, 9.17) is 10.5 Å². The highest BCUT2D eigenvalue weighted by atomic mass is 19.1. The molecule has 3 N–H and O–H groups in total. The van der Waals surface area contributed by atoms with Crippen LogP contribution < -0.4 is 15.8 Å². The fourth-order valence-electron chi connectivity index (χ4n) is 3.48. The number of nitrogens with two attached hydrogens (primary N) is 1. The lowest BCUT2D eigenvalue weighted by atomic mass is 10.1. The van der Waals surface area contributed by atoms with Gasteiger partial charge in [0, 0.05) is 18.8 Å². The van der Waals surface area contributed by atoms with Crippen molar-refractivity contribution in [3.05, 3.63) is 102 Å². The minimum absolute atomic E-state index is 0.0664. The molecular formula is C27H23FN6O2. The van der Waals surface area contributed by atoms with Crippen LogP contribution in [0.3, 0.4) is 0 Å². The summed E-state index contributed by atoms with van der Waals surface area (Å²) < 4.78 is 21.4. The van der Waals surface area contributed by atoms with Crippen molar-refractivity contribution in [1.82, 2.24) is 20.1 Å². The van der Waals surface area contributed by atoms with Crippen molar-refractivity contribution in [1.29, 1.82) is 5.26 Å². The number of carbonyl (C=O) groups is 1. The second-order valence-electron chi connectivity index (χ2n) is 7.77. The third-order valence-electron chi connectivity index (χ3n) is 5.24. The van der Waals surface area contributed by atoms with Gasteiger partial charge in [-0.05, 0) is 60.9 Å². The summed E-state index contributed by atoms with van der Waals surface area (Å²) in [5.41, 5.74) is 8.31. The number of aromatic nitrogens is 3. The molecule has 2 aromatic carbocycles. The van der Waals surface area contributed by atoms with E-state index >= 15 is 0 Å². The predicted octanol–water partition coefficient (Wildman–Crippen LogP) is 4.41. The number of nitrogens with zero attached hydrogens (tertiary/aromatic N) is 4. The third-order valence-corrected chi connectivity index (χ3v) is 5.24. The molecule has 1 amide bonds. The second-order valence-corrected chi connectivity index (χ2v) is 7.77. The molecule has 0 saturated carbocycles. The number of amides is 1. The lowest BCUT2D eigenvalue weighted by Gasteiger charge is -2.06. The molecule has 0 radical (unpaired) electrons. The van der Waals surface area contributed by atoms with Crippen molar-refractivity contribution in [2.45, 2.75) is 12.8 Å². The van der Waals surface area contributed by atoms with Gasteiger partial charge in [-0.3, -0.25) is 9.78 Å². The van der Waals surface area contributed by atoms with Crippen LogP contribution >= 0.6 is 0 Å². The van der Waals surface area contributed by atoms with E-state index in [1.807, 2.05) is 30.3 Å². The normalized spacial score (nSPS) is 10.8. The highest BCUT2D eigenvalue weighted by Crippen LogP contribution is 2.25. The van der Waals surface area contributed by atoms with Crippen LogP contribution in [-0.4, -0.2) is 27.2 Å². The van der Waals surface area contributed by atoms with Crippen molar-refractivity contribution in [2.75, 3.05) is 12.3 Å². The zero-order valence-corrected chi connectivity index (χ0v) is 19.3. The Balaban J connectivity index is 1.28. The van der Waals surface area contributed by atoms with Crippen molar-refractivity contribution in [3.63, 3.8) is 0 Å². The van der Waals surface area contributed by atoms with Gasteiger partial charge in [-0.15, -0.1) is 0 Å². The molecule has 36 heavy (non-hydrogen) atoms. The van der Waals surface area contributed by atoms with Gasteiger partial charge in [0.25, 0.3) is 0 Å². The van der Waals surface area contributed by atoms with E-state index in [-0.39, 0.29) is 17.5 Å². The van der Waals surface area contributed by atoms with Gasteiger partial charge in [0.15, 0.2) is 11.6 Å². The maximum absolute atomic E-state index is 14.4. The van der Waals surface area contributed by atoms with E-state index in [1.165, 1.54) is 30.5 Å². The number of pyridine rings is 1. The standard InChI is InChI=1S/C27H23FN6O2/c28-23-16-19(10-12-25(23)36-21-8-4-14-31-18-21)11-13-26(35)32-15-5-9-24-22(17-29)27(30)34(33-24)20-6-2-1-3-7-20/h1-4,6-8,10-14,16,18H,5,9,15,30H2,(H,32,35)/b13-11+. The minimum Gasteiger partial charge on any atom is -0.453 e. The summed E-state index contributed by atoms with van der Waals surface area (Å²) in [5.74, 6) is -0.0910. The van der Waals surface area contributed by atoms with Crippen molar-refractivity contribution in [3.8, 4) is 23.3 Å². The van der Waals surface area contributed by atoms with Crippen LogP contribution in [0.2, 0.25) is 0 Å². The number of nitrogens with one attached hydrogen (secondary N) is 1. The molecule has 0 unspecified atom stereocenters. The lowest BCUT2D eigenvalue weighted by molar-refractivity contribution is -0.116. The van der Waals surface area contributed by atoms with Gasteiger partial charge in [-0.25, -0.2) is 9.07 Å². The summed E-state index contributed by atoms with van der Waals surface area (Å²) in [6.07, 6.45) is 6.97. The quantitative estimate of drug-likeness (QED) is 0.269. The Bertz CT molecular complexity index is 1410. The molecule has 8 nitrogen and oxygen atoms in total. The number of hydrogen-bond donors (Lipinski definition) is 2. The molecule has 9 heteroatoms. The van der Waals surface area contributed by atoms with Gasteiger partial charge >= 0.3 is 0 Å². The number of nitriles is 1. The number of carbonyl (C=O) groups excluding carboxylic acids is 1. The Labute approximate surface area is 207 Å². The zero-order valence-electron chi connectivity index (χ0n) is 19.3. The smallest absolute Gasteiger partial charge is 0.243 e. The number of para-hydroxylation sites is 1.